The van der Waals surface area contributed by atoms with Crippen molar-refractivity contribution < 1.29 is 8.42 Å². The zero-order chi connectivity index (χ0) is 17.2. The van der Waals surface area contributed by atoms with E-state index >= 15 is 0 Å². The number of aryl methyl sites for hydroxylation is 1. The Bertz CT molecular complexity index is 939. The molecule has 0 unspecified atom stereocenters. The maximum Gasteiger partial charge on any atom is 0.261 e. The van der Waals surface area contributed by atoms with Gasteiger partial charge in [-0.3, -0.25) is 4.72 Å². The van der Waals surface area contributed by atoms with E-state index in [2.05, 4.69) is 15.0 Å². The molecule has 1 heterocycles. The molecule has 0 saturated carbocycles. The number of anilines is 1. The summed E-state index contributed by atoms with van der Waals surface area (Å²) >= 11 is 6.02. The zero-order valence-corrected chi connectivity index (χ0v) is 14.4. The molecule has 0 aliphatic carbocycles. The molecule has 0 saturated heterocycles. The van der Waals surface area contributed by atoms with Gasteiger partial charge in [-0.15, -0.1) is 5.10 Å². The monoisotopic (exact) mass is 362 g/mol. The molecule has 0 radical (unpaired) electrons. The van der Waals surface area contributed by atoms with Crippen molar-refractivity contribution in [1.82, 2.24) is 15.0 Å². The van der Waals surface area contributed by atoms with Gasteiger partial charge in [-0.25, -0.2) is 13.1 Å². The summed E-state index contributed by atoms with van der Waals surface area (Å²) in [4.78, 5) is 0.194. The van der Waals surface area contributed by atoms with Crippen molar-refractivity contribution in [2.45, 2.75) is 18.4 Å². The third kappa shape index (κ3) is 3.74. The third-order valence-corrected chi connectivity index (χ3v) is 5.07. The zero-order valence-electron chi connectivity index (χ0n) is 12.8. The highest BCUT2D eigenvalue weighted by Crippen LogP contribution is 2.25. The van der Waals surface area contributed by atoms with Gasteiger partial charge in [0.15, 0.2) is 0 Å². The van der Waals surface area contributed by atoms with Crippen molar-refractivity contribution in [3.05, 3.63) is 71.0 Å². The van der Waals surface area contributed by atoms with Crippen LogP contribution in [-0.2, 0) is 16.6 Å². The van der Waals surface area contributed by atoms with Crippen LogP contribution in [0.4, 0.5) is 5.69 Å². The number of nitrogens with zero attached hydrogens (tertiary/aromatic N) is 3. The van der Waals surface area contributed by atoms with Crippen LogP contribution in [0.15, 0.2) is 59.8 Å². The number of nitrogens with one attached hydrogen (secondary N) is 1. The molecule has 6 nitrogen and oxygen atoms in total. The van der Waals surface area contributed by atoms with Crippen LogP contribution in [0.25, 0.3) is 0 Å². The van der Waals surface area contributed by atoms with Crippen LogP contribution in [0, 0.1) is 6.92 Å². The molecule has 3 rings (SSSR count). The van der Waals surface area contributed by atoms with Crippen LogP contribution < -0.4 is 4.72 Å². The minimum atomic E-state index is -3.70. The average Bonchev–Trinajstić information content (AvgIpc) is 3.03. The lowest BCUT2D eigenvalue weighted by Crippen LogP contribution is -2.15. The highest BCUT2D eigenvalue weighted by Gasteiger charge is 2.16. The molecule has 0 spiro atoms. The standard InChI is InChI=1S/C16H15ClN4O2S/c1-12-2-6-15(7-3-12)24(22,23)19-16-10-14(17)5-4-13(16)11-21-9-8-18-20-21/h2-10,19H,11H2,1H3. The molecule has 1 aromatic heterocycles. The number of halogens is 1. The number of aromatic nitrogens is 3. The van der Waals surface area contributed by atoms with E-state index in [1.54, 1.807) is 59.5 Å². The van der Waals surface area contributed by atoms with Gasteiger partial charge in [0.2, 0.25) is 0 Å². The van der Waals surface area contributed by atoms with E-state index in [-0.39, 0.29) is 4.90 Å². The minimum absolute atomic E-state index is 0.194. The second-order valence-corrected chi connectivity index (χ2v) is 7.44. The Morgan fingerprint density at radius 3 is 2.58 bits per heavy atom. The van der Waals surface area contributed by atoms with E-state index in [0.29, 0.717) is 17.3 Å². The first kappa shape index (κ1) is 16.5. The lowest BCUT2D eigenvalue weighted by atomic mass is 10.2. The number of benzene rings is 2. The SMILES string of the molecule is Cc1ccc(S(=O)(=O)Nc2cc(Cl)ccc2Cn2ccnn2)cc1. The maximum absolute atomic E-state index is 12.6. The van der Waals surface area contributed by atoms with E-state index in [0.717, 1.165) is 11.1 Å². The van der Waals surface area contributed by atoms with Crippen molar-refractivity contribution in [2.24, 2.45) is 0 Å². The second-order valence-electron chi connectivity index (χ2n) is 5.32. The van der Waals surface area contributed by atoms with E-state index in [9.17, 15) is 8.42 Å². The Hall–Kier alpha value is -2.38. The van der Waals surface area contributed by atoms with Gasteiger partial charge < -0.3 is 0 Å². The van der Waals surface area contributed by atoms with Gasteiger partial charge in [0.1, 0.15) is 0 Å². The van der Waals surface area contributed by atoms with Crippen LogP contribution in [0.2, 0.25) is 5.02 Å². The highest BCUT2D eigenvalue weighted by molar-refractivity contribution is 7.92. The smallest absolute Gasteiger partial charge is 0.261 e. The van der Waals surface area contributed by atoms with Gasteiger partial charge in [-0.1, -0.05) is 40.6 Å². The molecular weight excluding hydrogens is 348 g/mol. The van der Waals surface area contributed by atoms with Crippen molar-refractivity contribution in [3.63, 3.8) is 0 Å². The molecule has 0 aliphatic rings. The van der Waals surface area contributed by atoms with Gasteiger partial charge in [0, 0.05) is 11.2 Å². The Kier molecular flexibility index (Phi) is 4.55. The van der Waals surface area contributed by atoms with Crippen LogP contribution in [-0.4, -0.2) is 23.4 Å². The Morgan fingerprint density at radius 1 is 1.17 bits per heavy atom. The molecule has 0 amide bonds. The summed E-state index contributed by atoms with van der Waals surface area (Å²) in [5, 5.41) is 8.08. The van der Waals surface area contributed by atoms with E-state index in [1.165, 1.54) is 0 Å². The number of sulfonamides is 1. The predicted octanol–water partition coefficient (Wildman–Crippen LogP) is 3.09. The lowest BCUT2D eigenvalue weighted by Gasteiger charge is -2.13. The lowest BCUT2D eigenvalue weighted by molar-refractivity contribution is 0.601. The summed E-state index contributed by atoms with van der Waals surface area (Å²) in [5.74, 6) is 0. The van der Waals surface area contributed by atoms with Crippen molar-refractivity contribution in [3.8, 4) is 0 Å². The molecule has 0 fully saturated rings. The number of hydrogen-bond donors (Lipinski definition) is 1. The molecule has 2 aromatic carbocycles. The molecule has 24 heavy (non-hydrogen) atoms. The van der Waals surface area contributed by atoms with Gasteiger partial charge >= 0.3 is 0 Å². The summed E-state index contributed by atoms with van der Waals surface area (Å²) in [6.07, 6.45) is 3.26. The largest absolute Gasteiger partial charge is 0.279 e. The summed E-state index contributed by atoms with van der Waals surface area (Å²) in [6.45, 7) is 2.28. The molecule has 0 atom stereocenters. The number of hydrogen-bond acceptors (Lipinski definition) is 4. The summed E-state index contributed by atoms with van der Waals surface area (Å²) in [5.41, 5.74) is 2.14. The van der Waals surface area contributed by atoms with Crippen LogP contribution in [0.3, 0.4) is 0 Å². The highest BCUT2D eigenvalue weighted by atomic mass is 35.5. The van der Waals surface area contributed by atoms with E-state index in [1.807, 2.05) is 6.92 Å². The number of rotatable bonds is 5. The minimum Gasteiger partial charge on any atom is -0.279 e. The molecule has 8 heteroatoms. The molecular formula is C16H15ClN4O2S. The Balaban J connectivity index is 1.93. The first-order chi connectivity index (χ1) is 11.4. The molecule has 3 aromatic rings. The van der Waals surface area contributed by atoms with Gasteiger partial charge in [0.25, 0.3) is 10.0 Å². The fourth-order valence-corrected chi connectivity index (χ4v) is 3.46. The second kappa shape index (κ2) is 6.62. The normalized spacial score (nSPS) is 11.4. The topological polar surface area (TPSA) is 76.9 Å². The van der Waals surface area contributed by atoms with Crippen LogP contribution >= 0.6 is 11.6 Å². The summed E-state index contributed by atoms with van der Waals surface area (Å²) < 4.78 is 29.4. The first-order valence-corrected chi connectivity index (χ1v) is 9.02. The molecule has 1 N–H and O–H groups in total. The maximum atomic E-state index is 12.6. The van der Waals surface area contributed by atoms with Gasteiger partial charge in [0.05, 0.1) is 23.3 Å². The molecule has 0 aliphatic heterocycles. The van der Waals surface area contributed by atoms with Crippen LogP contribution in [0.5, 0.6) is 0 Å². The van der Waals surface area contributed by atoms with Crippen LogP contribution in [0.1, 0.15) is 11.1 Å². The summed E-state index contributed by atoms with van der Waals surface area (Å²) in [7, 11) is -3.70. The molecule has 124 valence electrons. The fourth-order valence-electron chi connectivity index (χ4n) is 2.19. The average molecular weight is 363 g/mol. The summed E-state index contributed by atoms with van der Waals surface area (Å²) in [6, 6.07) is 11.7. The third-order valence-electron chi connectivity index (χ3n) is 3.45. The Labute approximate surface area is 145 Å². The van der Waals surface area contributed by atoms with Gasteiger partial charge in [-0.2, -0.15) is 0 Å². The van der Waals surface area contributed by atoms with E-state index in [4.69, 9.17) is 11.6 Å². The predicted molar refractivity (Wildman–Crippen MR) is 92.6 cm³/mol. The first-order valence-electron chi connectivity index (χ1n) is 7.16. The fraction of sp³-hybridized carbons (Fsp3) is 0.125. The molecule has 0 bridgehead atoms. The quantitative estimate of drug-likeness (QED) is 0.756. The van der Waals surface area contributed by atoms with Crippen molar-refractivity contribution in [1.29, 1.82) is 0 Å². The Morgan fingerprint density at radius 2 is 1.92 bits per heavy atom. The van der Waals surface area contributed by atoms with Crippen molar-refractivity contribution in [2.75, 3.05) is 4.72 Å². The van der Waals surface area contributed by atoms with Gasteiger partial charge in [-0.05, 0) is 36.8 Å². The van der Waals surface area contributed by atoms with E-state index < -0.39 is 10.0 Å². The van der Waals surface area contributed by atoms with Crippen molar-refractivity contribution >= 4 is 27.3 Å².